The van der Waals surface area contributed by atoms with Crippen LogP contribution in [0.2, 0.25) is 0 Å². The Balaban J connectivity index is 1.93. The normalized spacial score (nSPS) is 19.8. The second-order valence-electron chi connectivity index (χ2n) is 7.95. The molecule has 8 heteroatoms. The highest BCUT2D eigenvalue weighted by Crippen LogP contribution is 2.34. The van der Waals surface area contributed by atoms with Crippen molar-refractivity contribution in [2.75, 3.05) is 18.9 Å². The van der Waals surface area contributed by atoms with Crippen LogP contribution in [0.25, 0.3) is 0 Å². The van der Waals surface area contributed by atoms with Gasteiger partial charge < -0.3 is 10.2 Å². The van der Waals surface area contributed by atoms with Gasteiger partial charge in [0.25, 0.3) is 0 Å². The summed E-state index contributed by atoms with van der Waals surface area (Å²) in [6, 6.07) is 5.16. The number of rotatable bonds is 3. The fraction of sp³-hybridized carbons (Fsp3) is 0.400. The van der Waals surface area contributed by atoms with E-state index in [2.05, 4.69) is 15.3 Å². The minimum atomic E-state index is -1.16. The summed E-state index contributed by atoms with van der Waals surface area (Å²) in [6.45, 7) is 6.20. The van der Waals surface area contributed by atoms with Crippen LogP contribution in [0.5, 0.6) is 0 Å². The fourth-order valence-corrected chi connectivity index (χ4v) is 3.21. The largest absolute Gasteiger partial charge is 0.344 e. The standard InChI is InChI=1S/C20H22F2N4O2/c1-20(2,3)19-23-9-8-13(25-19)11-10-26(4)18(28)15(11)17(27)24-14-7-5-6-12(21)16(14)22/h5-9,11,15H,10H2,1-4H3,(H,24,27)/t11-,15+/m1/s1. The molecule has 0 aliphatic carbocycles. The predicted molar refractivity (Wildman–Crippen MR) is 99.6 cm³/mol. The Morgan fingerprint density at radius 2 is 1.96 bits per heavy atom. The van der Waals surface area contributed by atoms with E-state index in [0.717, 1.165) is 6.07 Å². The highest BCUT2D eigenvalue weighted by molar-refractivity contribution is 6.08. The Kier molecular flexibility index (Phi) is 5.14. The van der Waals surface area contributed by atoms with Crippen LogP contribution in [0, 0.1) is 17.6 Å². The number of aromatic nitrogens is 2. The Bertz CT molecular complexity index is 927. The second kappa shape index (κ2) is 7.26. The van der Waals surface area contributed by atoms with Gasteiger partial charge in [-0.3, -0.25) is 9.59 Å². The number of likely N-dealkylation sites (N-methyl/N-ethyl adjacent to an activating group) is 1. The van der Waals surface area contributed by atoms with Gasteiger partial charge in [0.2, 0.25) is 11.8 Å². The zero-order valence-corrected chi connectivity index (χ0v) is 16.2. The predicted octanol–water partition coefficient (Wildman–Crippen LogP) is 2.86. The van der Waals surface area contributed by atoms with Crippen molar-refractivity contribution in [3.8, 4) is 0 Å². The molecule has 2 aromatic rings. The molecule has 0 saturated carbocycles. The molecule has 0 spiro atoms. The molecular weight excluding hydrogens is 366 g/mol. The molecule has 1 aliphatic heterocycles. The lowest BCUT2D eigenvalue weighted by atomic mass is 9.90. The minimum absolute atomic E-state index is 0.295. The van der Waals surface area contributed by atoms with Gasteiger partial charge in [0, 0.05) is 31.1 Å². The maximum atomic E-state index is 13.9. The summed E-state index contributed by atoms with van der Waals surface area (Å²) in [5.74, 6) is -4.33. The number of amides is 2. The van der Waals surface area contributed by atoms with Crippen LogP contribution in [-0.4, -0.2) is 40.3 Å². The number of nitrogens with zero attached hydrogens (tertiary/aromatic N) is 3. The molecule has 1 saturated heterocycles. The number of carbonyl (C=O) groups is 2. The quantitative estimate of drug-likeness (QED) is 0.821. The first-order valence-electron chi connectivity index (χ1n) is 8.93. The number of carbonyl (C=O) groups excluding carboxylic acids is 2. The van der Waals surface area contributed by atoms with E-state index < -0.39 is 35.3 Å². The van der Waals surface area contributed by atoms with E-state index in [-0.39, 0.29) is 11.1 Å². The summed E-state index contributed by atoms with van der Waals surface area (Å²) >= 11 is 0. The van der Waals surface area contributed by atoms with Crippen molar-refractivity contribution in [2.45, 2.75) is 32.1 Å². The molecule has 0 unspecified atom stereocenters. The van der Waals surface area contributed by atoms with Crippen LogP contribution < -0.4 is 5.32 Å². The first-order chi connectivity index (χ1) is 13.1. The van der Waals surface area contributed by atoms with Gasteiger partial charge >= 0.3 is 0 Å². The van der Waals surface area contributed by atoms with E-state index in [0.29, 0.717) is 18.1 Å². The van der Waals surface area contributed by atoms with Crippen molar-refractivity contribution in [3.05, 3.63) is 53.6 Å². The lowest BCUT2D eigenvalue weighted by Crippen LogP contribution is -2.33. The summed E-state index contributed by atoms with van der Waals surface area (Å²) in [4.78, 5) is 35.7. The van der Waals surface area contributed by atoms with Crippen molar-refractivity contribution in [1.82, 2.24) is 14.9 Å². The van der Waals surface area contributed by atoms with Crippen LogP contribution >= 0.6 is 0 Å². The molecule has 2 atom stereocenters. The van der Waals surface area contributed by atoms with E-state index in [1.165, 1.54) is 17.0 Å². The van der Waals surface area contributed by atoms with E-state index in [4.69, 9.17) is 0 Å². The van der Waals surface area contributed by atoms with Crippen LogP contribution in [0.15, 0.2) is 30.5 Å². The molecule has 0 bridgehead atoms. The van der Waals surface area contributed by atoms with Crippen molar-refractivity contribution in [2.24, 2.45) is 5.92 Å². The highest BCUT2D eigenvalue weighted by Gasteiger charge is 2.45. The first kappa shape index (κ1) is 19.9. The molecule has 2 heterocycles. The number of benzene rings is 1. The lowest BCUT2D eigenvalue weighted by Gasteiger charge is -2.20. The van der Waals surface area contributed by atoms with Gasteiger partial charge in [-0.25, -0.2) is 18.7 Å². The monoisotopic (exact) mass is 388 g/mol. The number of hydrogen-bond donors (Lipinski definition) is 1. The van der Waals surface area contributed by atoms with E-state index >= 15 is 0 Å². The Labute approximate surface area is 162 Å². The number of nitrogens with one attached hydrogen (secondary N) is 1. The van der Waals surface area contributed by atoms with Crippen molar-refractivity contribution in [3.63, 3.8) is 0 Å². The molecule has 0 radical (unpaired) electrons. The molecule has 1 N–H and O–H groups in total. The summed E-state index contributed by atoms with van der Waals surface area (Å²) in [7, 11) is 1.59. The van der Waals surface area contributed by atoms with Gasteiger partial charge in [-0.05, 0) is 18.2 Å². The molecule has 3 rings (SSSR count). The zero-order valence-electron chi connectivity index (χ0n) is 16.2. The number of anilines is 1. The van der Waals surface area contributed by atoms with Crippen LogP contribution in [-0.2, 0) is 15.0 Å². The van der Waals surface area contributed by atoms with Crippen LogP contribution in [0.1, 0.15) is 38.2 Å². The topological polar surface area (TPSA) is 75.2 Å². The van der Waals surface area contributed by atoms with Crippen molar-refractivity contribution >= 4 is 17.5 Å². The molecule has 28 heavy (non-hydrogen) atoms. The number of hydrogen-bond acceptors (Lipinski definition) is 4. The third-order valence-electron chi connectivity index (χ3n) is 4.73. The molecule has 1 aromatic heterocycles. The van der Waals surface area contributed by atoms with E-state index in [9.17, 15) is 18.4 Å². The highest BCUT2D eigenvalue weighted by atomic mass is 19.2. The second-order valence-corrected chi connectivity index (χ2v) is 7.95. The summed E-state index contributed by atoms with van der Waals surface area (Å²) in [6.07, 6.45) is 1.60. The SMILES string of the molecule is CN1C[C@H](c2ccnc(C(C)(C)C)n2)[C@@H](C(=O)Nc2cccc(F)c2F)C1=O. The van der Waals surface area contributed by atoms with Gasteiger partial charge in [0.1, 0.15) is 11.7 Å². The maximum Gasteiger partial charge on any atom is 0.237 e. The van der Waals surface area contributed by atoms with E-state index in [1.807, 2.05) is 20.8 Å². The molecule has 1 aliphatic rings. The molecule has 2 amide bonds. The lowest BCUT2D eigenvalue weighted by molar-refractivity contribution is -0.135. The van der Waals surface area contributed by atoms with Gasteiger partial charge in [0.05, 0.1) is 11.4 Å². The van der Waals surface area contributed by atoms with Gasteiger partial charge in [0.15, 0.2) is 11.6 Å². The first-order valence-corrected chi connectivity index (χ1v) is 8.93. The van der Waals surface area contributed by atoms with Crippen LogP contribution in [0.4, 0.5) is 14.5 Å². The van der Waals surface area contributed by atoms with Crippen molar-refractivity contribution in [1.29, 1.82) is 0 Å². The average molecular weight is 388 g/mol. The smallest absolute Gasteiger partial charge is 0.237 e. The third-order valence-corrected chi connectivity index (χ3v) is 4.73. The van der Waals surface area contributed by atoms with Gasteiger partial charge in [-0.1, -0.05) is 26.8 Å². The molecule has 6 nitrogen and oxygen atoms in total. The number of likely N-dealkylation sites (tertiary alicyclic amines) is 1. The van der Waals surface area contributed by atoms with Crippen LogP contribution in [0.3, 0.4) is 0 Å². The van der Waals surface area contributed by atoms with Crippen molar-refractivity contribution < 1.29 is 18.4 Å². The molecule has 1 aromatic carbocycles. The van der Waals surface area contributed by atoms with Gasteiger partial charge in [-0.2, -0.15) is 0 Å². The average Bonchev–Trinajstić information content (AvgIpc) is 2.93. The Hall–Kier alpha value is -2.90. The Morgan fingerprint density at radius 1 is 1.25 bits per heavy atom. The minimum Gasteiger partial charge on any atom is -0.344 e. The summed E-state index contributed by atoms with van der Waals surface area (Å²) in [5.41, 5.74) is -0.0332. The summed E-state index contributed by atoms with van der Waals surface area (Å²) < 4.78 is 27.3. The molecular formula is C20H22F2N4O2. The van der Waals surface area contributed by atoms with E-state index in [1.54, 1.807) is 19.3 Å². The fourth-order valence-electron chi connectivity index (χ4n) is 3.21. The van der Waals surface area contributed by atoms with Gasteiger partial charge in [-0.15, -0.1) is 0 Å². The molecule has 148 valence electrons. The zero-order chi connectivity index (χ0) is 20.6. The molecule has 1 fully saturated rings. The Morgan fingerprint density at radius 3 is 2.64 bits per heavy atom. The number of halogens is 2. The maximum absolute atomic E-state index is 13.9. The third kappa shape index (κ3) is 3.72. The summed E-state index contributed by atoms with van der Waals surface area (Å²) in [5, 5.41) is 2.34.